The van der Waals surface area contributed by atoms with Crippen molar-refractivity contribution in [2.75, 3.05) is 0 Å². The Kier molecular flexibility index (Phi) is 4.41. The fraction of sp³-hybridized carbons (Fsp3) is 0.769. The van der Waals surface area contributed by atoms with Crippen LogP contribution in [-0.2, 0) is 28.6 Å². The van der Waals surface area contributed by atoms with E-state index in [9.17, 15) is 29.7 Å². The highest BCUT2D eigenvalue weighted by atomic mass is 16.9. The number of fused-ring (bicyclic) bond motifs is 3. The number of aliphatic hydroxyl groups excluding tert-OH is 1. The smallest absolute Gasteiger partial charge is 0.413 e. The van der Waals surface area contributed by atoms with E-state index in [1.165, 1.54) is 0 Å². The number of aliphatic hydroxyl groups is 3. The third-order valence-corrected chi connectivity index (χ3v) is 3.52. The number of rotatable bonds is 4. The molecule has 0 aromatic carbocycles. The Labute approximate surface area is 125 Å². The number of carbonyl (C=O) groups excluding carboxylic acids is 3. The van der Waals surface area contributed by atoms with Crippen LogP contribution >= 0.6 is 0 Å². The Morgan fingerprint density at radius 1 is 1.18 bits per heavy atom. The predicted molar refractivity (Wildman–Crippen MR) is 66.7 cm³/mol. The van der Waals surface area contributed by atoms with Crippen LogP contribution in [0.5, 0.6) is 0 Å². The van der Waals surface area contributed by atoms with Crippen LogP contribution in [0, 0.1) is 0 Å². The van der Waals surface area contributed by atoms with Crippen LogP contribution in [0.15, 0.2) is 0 Å². The van der Waals surface area contributed by atoms with Crippen LogP contribution < -0.4 is 0 Å². The monoisotopic (exact) mass is 318 g/mol. The van der Waals surface area contributed by atoms with E-state index in [1.807, 2.05) is 0 Å². The van der Waals surface area contributed by atoms with E-state index in [-0.39, 0.29) is 6.42 Å². The molecule has 0 amide bonds. The van der Waals surface area contributed by atoms with Gasteiger partial charge in [-0.25, -0.2) is 4.79 Å². The minimum atomic E-state index is -2.78. The molecule has 0 aromatic heterocycles. The Morgan fingerprint density at radius 3 is 2.45 bits per heavy atom. The summed E-state index contributed by atoms with van der Waals surface area (Å²) in [4.78, 5) is 35.3. The molecule has 22 heavy (non-hydrogen) atoms. The molecule has 4 unspecified atom stereocenters. The SMILES string of the molecule is CC(O)CCCC1OC(=O)CC2(O)CC(=O)OC1(O)OC2=O. The summed E-state index contributed by atoms with van der Waals surface area (Å²) in [7, 11) is 0. The normalized spacial score (nSPS) is 36.5. The molecule has 0 spiro atoms. The first kappa shape index (κ1) is 16.7. The van der Waals surface area contributed by atoms with Crippen molar-refractivity contribution in [3.8, 4) is 0 Å². The molecule has 3 N–H and O–H groups in total. The van der Waals surface area contributed by atoms with Crippen LogP contribution in [0.1, 0.15) is 39.0 Å². The molecule has 0 radical (unpaired) electrons. The minimum Gasteiger partial charge on any atom is -0.451 e. The first-order valence-corrected chi connectivity index (χ1v) is 6.92. The van der Waals surface area contributed by atoms with Crippen LogP contribution in [-0.4, -0.2) is 57.0 Å². The lowest BCUT2D eigenvalue weighted by Gasteiger charge is -2.34. The first-order valence-electron chi connectivity index (χ1n) is 6.92. The summed E-state index contributed by atoms with van der Waals surface area (Å²) in [5.41, 5.74) is -2.41. The number of hydrogen-bond acceptors (Lipinski definition) is 9. The Hall–Kier alpha value is -1.71. The minimum absolute atomic E-state index is 0.00781. The fourth-order valence-electron chi connectivity index (χ4n) is 2.38. The van der Waals surface area contributed by atoms with Gasteiger partial charge in [0.25, 0.3) is 0 Å². The van der Waals surface area contributed by atoms with Crippen molar-refractivity contribution in [3.05, 3.63) is 0 Å². The molecule has 2 saturated heterocycles. The zero-order valence-corrected chi connectivity index (χ0v) is 12.0. The molecule has 0 aliphatic carbocycles. The van der Waals surface area contributed by atoms with Gasteiger partial charge in [-0.05, 0) is 26.2 Å². The molecular weight excluding hydrogens is 300 g/mol. The van der Waals surface area contributed by atoms with Crippen molar-refractivity contribution < 1.29 is 43.9 Å². The van der Waals surface area contributed by atoms with Crippen molar-refractivity contribution in [1.29, 1.82) is 0 Å². The summed E-state index contributed by atoms with van der Waals surface area (Å²) in [6, 6.07) is 0. The predicted octanol–water partition coefficient (Wildman–Crippen LogP) is -1.28. The van der Waals surface area contributed by atoms with Crippen molar-refractivity contribution in [2.45, 2.75) is 62.8 Å². The van der Waals surface area contributed by atoms with Gasteiger partial charge in [0.05, 0.1) is 18.9 Å². The van der Waals surface area contributed by atoms with E-state index in [2.05, 4.69) is 9.47 Å². The van der Waals surface area contributed by atoms with E-state index < -0.39 is 54.5 Å². The average Bonchev–Trinajstić information content (AvgIpc) is 2.40. The topological polar surface area (TPSA) is 140 Å². The van der Waals surface area contributed by atoms with E-state index >= 15 is 0 Å². The molecular formula is C13H18O9. The Bertz CT molecular complexity index is 488. The average molecular weight is 318 g/mol. The number of hydrogen-bond donors (Lipinski definition) is 3. The molecule has 2 rings (SSSR count). The van der Waals surface area contributed by atoms with Crippen molar-refractivity contribution in [3.63, 3.8) is 0 Å². The zero-order chi connectivity index (χ0) is 16.5. The third-order valence-electron chi connectivity index (χ3n) is 3.52. The quantitative estimate of drug-likeness (QED) is 0.541. The second-order valence-electron chi connectivity index (χ2n) is 5.64. The van der Waals surface area contributed by atoms with Gasteiger partial charge in [0.15, 0.2) is 5.60 Å². The van der Waals surface area contributed by atoms with Gasteiger partial charge in [0.1, 0.15) is 0 Å². The lowest BCUT2D eigenvalue weighted by atomic mass is 9.95. The summed E-state index contributed by atoms with van der Waals surface area (Å²) in [6.07, 6.45) is -2.98. The van der Waals surface area contributed by atoms with Crippen LogP contribution in [0.25, 0.3) is 0 Å². The maximum atomic E-state index is 11.9. The Balaban J connectivity index is 2.26. The van der Waals surface area contributed by atoms with Gasteiger partial charge in [0, 0.05) is 0 Å². The van der Waals surface area contributed by atoms with Crippen molar-refractivity contribution in [2.24, 2.45) is 0 Å². The molecule has 124 valence electrons. The molecule has 2 aliphatic heterocycles. The van der Waals surface area contributed by atoms with Crippen LogP contribution in [0.3, 0.4) is 0 Å². The summed E-state index contributed by atoms with van der Waals surface area (Å²) in [5, 5.41) is 29.5. The van der Waals surface area contributed by atoms with Gasteiger partial charge in [-0.3, -0.25) is 9.59 Å². The largest absolute Gasteiger partial charge is 0.451 e. The maximum Gasteiger partial charge on any atom is 0.413 e. The van der Waals surface area contributed by atoms with Gasteiger partial charge in [-0.2, -0.15) is 0 Å². The van der Waals surface area contributed by atoms with Gasteiger partial charge < -0.3 is 29.5 Å². The summed E-state index contributed by atoms with van der Waals surface area (Å²) >= 11 is 0. The fourth-order valence-corrected chi connectivity index (χ4v) is 2.38. The van der Waals surface area contributed by atoms with Crippen molar-refractivity contribution >= 4 is 17.9 Å². The molecule has 2 heterocycles. The lowest BCUT2D eigenvalue weighted by molar-refractivity contribution is -0.363. The number of carbonyl (C=O) groups is 3. The zero-order valence-electron chi connectivity index (χ0n) is 12.0. The highest BCUT2D eigenvalue weighted by Crippen LogP contribution is 2.35. The second-order valence-corrected chi connectivity index (χ2v) is 5.64. The van der Waals surface area contributed by atoms with E-state index in [4.69, 9.17) is 4.74 Å². The molecule has 2 fully saturated rings. The summed E-state index contributed by atoms with van der Waals surface area (Å²) < 4.78 is 14.3. The van der Waals surface area contributed by atoms with Gasteiger partial charge >= 0.3 is 23.9 Å². The highest BCUT2D eigenvalue weighted by molar-refractivity contribution is 5.91. The van der Waals surface area contributed by atoms with Crippen LogP contribution in [0.4, 0.5) is 0 Å². The highest BCUT2D eigenvalue weighted by Gasteiger charge is 2.58. The second kappa shape index (κ2) is 5.82. The number of esters is 3. The molecule has 0 aromatic rings. The van der Waals surface area contributed by atoms with E-state index in [0.29, 0.717) is 12.8 Å². The van der Waals surface area contributed by atoms with E-state index in [1.54, 1.807) is 6.92 Å². The molecule has 9 nitrogen and oxygen atoms in total. The van der Waals surface area contributed by atoms with E-state index in [0.717, 1.165) is 0 Å². The van der Waals surface area contributed by atoms with Gasteiger partial charge in [0.2, 0.25) is 6.10 Å². The van der Waals surface area contributed by atoms with Gasteiger partial charge in [-0.1, -0.05) is 0 Å². The van der Waals surface area contributed by atoms with Crippen LogP contribution in [0.2, 0.25) is 0 Å². The molecule has 0 saturated carbocycles. The molecule has 2 bridgehead atoms. The lowest BCUT2D eigenvalue weighted by Crippen LogP contribution is -2.55. The summed E-state index contributed by atoms with van der Waals surface area (Å²) in [6.45, 7) is 1.56. The summed E-state index contributed by atoms with van der Waals surface area (Å²) in [5.74, 6) is -6.15. The first-order chi connectivity index (χ1) is 10.1. The molecule has 4 atom stereocenters. The number of ether oxygens (including phenoxy) is 3. The third kappa shape index (κ3) is 3.37. The standard InChI is InChI=1S/C13H18O9/c1-7(14)3-2-4-8-13(19)21-10(16)6-12(18,11(17)22-13)5-9(15)20-8/h7-8,14,18-19H,2-6H2,1H3. The maximum absolute atomic E-state index is 11.9. The number of cyclic esters (lactones) is 1. The molecule has 9 heteroatoms. The Morgan fingerprint density at radius 2 is 1.82 bits per heavy atom. The molecule has 2 aliphatic rings. The van der Waals surface area contributed by atoms with Crippen molar-refractivity contribution in [1.82, 2.24) is 0 Å². The van der Waals surface area contributed by atoms with Gasteiger partial charge in [-0.15, -0.1) is 0 Å².